The minimum atomic E-state index is -2.67. The van der Waals surface area contributed by atoms with Gasteiger partial charge < -0.3 is 31.1 Å². The van der Waals surface area contributed by atoms with Gasteiger partial charge in [-0.1, -0.05) is 29.3 Å². The third kappa shape index (κ3) is 3.96. The van der Waals surface area contributed by atoms with Gasteiger partial charge in [0.1, 0.15) is 22.8 Å². The van der Waals surface area contributed by atoms with Crippen molar-refractivity contribution in [1.29, 1.82) is 0 Å². The van der Waals surface area contributed by atoms with Crippen LogP contribution in [0.1, 0.15) is 28.7 Å². The standard InChI is InChI=1S/C31H35N3O7/c1-13-7-14(2)9-15(8-13)17-12-20(33(3)4)18-10-16-11-19-24(34(5)6)27(37)23(30(32)40)29(39)31(19,41)28(38)21(16)26(36)22(18)25(17)35/h7-9,12,16,19,24,35-36,39,41H,10-11H2,1-6H3,(H2,32,40)/t16-,19+,24+,31+/m0/s1. The van der Waals surface area contributed by atoms with Crippen LogP contribution in [-0.2, 0) is 20.8 Å². The molecule has 3 aliphatic carbocycles. The molecular weight excluding hydrogens is 526 g/mol. The van der Waals surface area contributed by atoms with Gasteiger partial charge in [-0.3, -0.25) is 19.3 Å². The largest absolute Gasteiger partial charge is 0.508 e. The highest BCUT2D eigenvalue weighted by Crippen LogP contribution is 2.55. The molecular formula is C31H35N3O7. The van der Waals surface area contributed by atoms with Gasteiger partial charge in [-0.2, -0.15) is 0 Å². The Morgan fingerprint density at radius 1 is 1.00 bits per heavy atom. The number of nitrogens with two attached hydrogens (primary N) is 1. The molecule has 5 rings (SSSR count). The number of amides is 1. The van der Waals surface area contributed by atoms with Crippen molar-refractivity contribution in [3.63, 3.8) is 0 Å². The summed E-state index contributed by atoms with van der Waals surface area (Å²) in [6.07, 6.45) is 0.265. The Bertz CT molecular complexity index is 1580. The van der Waals surface area contributed by atoms with E-state index in [1.807, 2.05) is 57.1 Å². The molecule has 1 amide bonds. The number of rotatable bonds is 4. The average Bonchev–Trinajstić information content (AvgIpc) is 2.85. The minimum absolute atomic E-state index is 0.0399. The number of hydrogen-bond acceptors (Lipinski definition) is 9. The van der Waals surface area contributed by atoms with Gasteiger partial charge in [0, 0.05) is 36.8 Å². The highest BCUT2D eigenvalue weighted by Gasteiger charge is 2.64. The van der Waals surface area contributed by atoms with Gasteiger partial charge in [-0.05, 0) is 63.9 Å². The number of carbonyl (C=O) groups excluding carboxylic acids is 3. The zero-order valence-corrected chi connectivity index (χ0v) is 23.9. The average molecular weight is 562 g/mol. The number of benzene rings is 2. The summed E-state index contributed by atoms with van der Waals surface area (Å²) in [4.78, 5) is 42.9. The molecule has 6 N–H and O–H groups in total. The molecule has 0 bridgehead atoms. The zero-order chi connectivity index (χ0) is 30.3. The van der Waals surface area contributed by atoms with E-state index in [1.54, 1.807) is 14.1 Å². The van der Waals surface area contributed by atoms with Crippen molar-refractivity contribution in [3.05, 3.63) is 63.4 Å². The number of Topliss-reactive ketones (excluding diaryl/α,β-unsaturated/α-hetero) is 2. The second kappa shape index (κ2) is 9.46. The molecule has 0 unspecified atom stereocenters. The molecule has 0 saturated heterocycles. The van der Waals surface area contributed by atoms with E-state index in [2.05, 4.69) is 0 Å². The third-order valence-electron chi connectivity index (χ3n) is 8.71. The van der Waals surface area contributed by atoms with E-state index in [0.29, 0.717) is 11.1 Å². The van der Waals surface area contributed by atoms with E-state index in [4.69, 9.17) is 5.73 Å². The molecule has 0 aliphatic heterocycles. The molecule has 10 nitrogen and oxygen atoms in total. The molecule has 1 saturated carbocycles. The maximum atomic E-state index is 14.1. The summed E-state index contributed by atoms with van der Waals surface area (Å²) in [5.74, 6) is -6.65. The van der Waals surface area contributed by atoms with E-state index >= 15 is 0 Å². The molecule has 0 heterocycles. The maximum Gasteiger partial charge on any atom is 0.255 e. The number of likely N-dealkylation sites (N-methyl/N-ethyl adjacent to an activating group) is 1. The van der Waals surface area contributed by atoms with E-state index in [-0.39, 0.29) is 29.7 Å². The first-order chi connectivity index (χ1) is 19.1. The third-order valence-corrected chi connectivity index (χ3v) is 8.71. The second-order valence-corrected chi connectivity index (χ2v) is 11.9. The lowest BCUT2D eigenvalue weighted by Gasteiger charge is -2.50. The zero-order valence-electron chi connectivity index (χ0n) is 23.9. The van der Waals surface area contributed by atoms with Crippen molar-refractivity contribution in [3.8, 4) is 16.9 Å². The lowest BCUT2D eigenvalue weighted by molar-refractivity contribution is -0.153. The van der Waals surface area contributed by atoms with E-state index < -0.39 is 58.0 Å². The number of nitrogens with zero attached hydrogens (tertiary/aromatic N) is 2. The summed E-state index contributed by atoms with van der Waals surface area (Å²) >= 11 is 0. The quantitative estimate of drug-likeness (QED) is 0.352. The van der Waals surface area contributed by atoms with Crippen molar-refractivity contribution in [2.24, 2.45) is 17.6 Å². The predicted octanol–water partition coefficient (Wildman–Crippen LogP) is 2.31. The fraction of sp³-hybridized carbons (Fsp3) is 0.387. The number of ketones is 2. The number of hydrogen-bond donors (Lipinski definition) is 5. The fourth-order valence-electron chi connectivity index (χ4n) is 7.04. The fourth-order valence-corrected chi connectivity index (χ4v) is 7.04. The summed E-state index contributed by atoms with van der Waals surface area (Å²) < 4.78 is 0. The van der Waals surface area contributed by atoms with Gasteiger partial charge in [-0.25, -0.2) is 0 Å². The van der Waals surface area contributed by atoms with Crippen LogP contribution in [0, 0.1) is 25.7 Å². The molecule has 3 aliphatic rings. The Balaban J connectivity index is 1.78. The monoisotopic (exact) mass is 561 g/mol. The topological polar surface area (TPSA) is 165 Å². The van der Waals surface area contributed by atoms with Crippen LogP contribution in [0.25, 0.3) is 16.9 Å². The van der Waals surface area contributed by atoms with Crippen LogP contribution in [0.5, 0.6) is 5.75 Å². The summed E-state index contributed by atoms with van der Waals surface area (Å²) in [6.45, 7) is 3.88. The first kappa shape index (κ1) is 28.4. The number of phenols is 1. The number of phenolic OH excluding ortho intramolecular Hbond substituents is 1. The Morgan fingerprint density at radius 2 is 1.61 bits per heavy atom. The van der Waals surface area contributed by atoms with Crippen molar-refractivity contribution in [2.75, 3.05) is 33.1 Å². The van der Waals surface area contributed by atoms with Gasteiger partial charge in [0.25, 0.3) is 5.91 Å². The van der Waals surface area contributed by atoms with Crippen LogP contribution in [-0.4, -0.2) is 82.6 Å². The normalized spacial score (nSPS) is 25.7. The number of aromatic hydroxyl groups is 1. The minimum Gasteiger partial charge on any atom is -0.508 e. The van der Waals surface area contributed by atoms with Crippen molar-refractivity contribution in [2.45, 2.75) is 38.3 Å². The summed E-state index contributed by atoms with van der Waals surface area (Å²) in [7, 11) is 6.83. The molecule has 0 radical (unpaired) electrons. The Labute approximate surface area is 238 Å². The second-order valence-electron chi connectivity index (χ2n) is 11.9. The highest BCUT2D eigenvalue weighted by atomic mass is 16.3. The van der Waals surface area contributed by atoms with E-state index in [0.717, 1.165) is 22.4 Å². The lowest BCUT2D eigenvalue weighted by atomic mass is 9.57. The molecule has 2 aromatic rings. The number of anilines is 1. The molecule has 2 aromatic carbocycles. The molecule has 0 spiro atoms. The number of fused-ring (bicyclic) bond motifs is 3. The molecule has 1 fully saturated rings. The van der Waals surface area contributed by atoms with Crippen molar-refractivity contribution < 1.29 is 34.8 Å². The summed E-state index contributed by atoms with van der Waals surface area (Å²) in [5, 5.41) is 46.1. The summed E-state index contributed by atoms with van der Waals surface area (Å²) in [5.41, 5.74) is 6.29. The summed E-state index contributed by atoms with van der Waals surface area (Å²) in [6, 6.07) is 6.56. The molecule has 4 atom stereocenters. The van der Waals surface area contributed by atoms with Crippen LogP contribution in [0.15, 0.2) is 41.2 Å². The van der Waals surface area contributed by atoms with Crippen LogP contribution in [0.4, 0.5) is 5.69 Å². The maximum absolute atomic E-state index is 14.1. The van der Waals surface area contributed by atoms with Crippen LogP contribution in [0.3, 0.4) is 0 Å². The van der Waals surface area contributed by atoms with Gasteiger partial charge in [0.2, 0.25) is 5.78 Å². The Kier molecular flexibility index (Phi) is 6.55. The number of aliphatic hydroxyl groups is 3. The predicted molar refractivity (Wildman–Crippen MR) is 153 cm³/mol. The first-order valence-electron chi connectivity index (χ1n) is 13.4. The Morgan fingerprint density at radius 3 is 2.15 bits per heavy atom. The van der Waals surface area contributed by atoms with Gasteiger partial charge >= 0.3 is 0 Å². The first-order valence-corrected chi connectivity index (χ1v) is 13.4. The number of aryl methyl sites for hydroxylation is 2. The van der Waals surface area contributed by atoms with Crippen molar-refractivity contribution >= 4 is 28.9 Å². The van der Waals surface area contributed by atoms with Crippen LogP contribution >= 0.6 is 0 Å². The van der Waals surface area contributed by atoms with Crippen molar-refractivity contribution in [1.82, 2.24) is 4.90 Å². The van der Waals surface area contributed by atoms with Gasteiger partial charge in [-0.15, -0.1) is 0 Å². The molecule has 10 heteroatoms. The van der Waals surface area contributed by atoms with Crippen LogP contribution < -0.4 is 10.6 Å². The smallest absolute Gasteiger partial charge is 0.255 e. The van der Waals surface area contributed by atoms with Crippen LogP contribution in [0.2, 0.25) is 0 Å². The van der Waals surface area contributed by atoms with Gasteiger partial charge in [0.15, 0.2) is 11.4 Å². The highest BCUT2D eigenvalue weighted by molar-refractivity contribution is 6.24. The SMILES string of the molecule is Cc1cc(C)cc(-c2cc(N(C)C)c3c(c2O)C(O)=C2C(=O)[C@@]4(O)C(O)=C(C(N)=O)C(=O)[C@H](N(C)C)[C@H]4C[C@@H]2C3)c1. The number of primary amides is 1. The van der Waals surface area contributed by atoms with E-state index in [1.165, 1.54) is 4.90 Å². The number of aliphatic hydroxyl groups excluding tert-OH is 2. The van der Waals surface area contributed by atoms with E-state index in [9.17, 15) is 34.8 Å². The molecule has 0 aromatic heterocycles. The van der Waals surface area contributed by atoms with Gasteiger partial charge in [0.05, 0.1) is 11.6 Å². The molecule has 41 heavy (non-hydrogen) atoms. The Hall–Kier alpha value is -4.15. The lowest BCUT2D eigenvalue weighted by Crippen LogP contribution is -2.65. The molecule has 216 valence electrons. The number of carbonyl (C=O) groups is 3.